The van der Waals surface area contributed by atoms with E-state index in [1.54, 1.807) is 6.92 Å². The molecule has 2 rings (SSSR count). The van der Waals surface area contributed by atoms with Crippen LogP contribution in [-0.4, -0.2) is 33.6 Å². The zero-order valence-corrected chi connectivity index (χ0v) is 13.4. The minimum Gasteiger partial charge on any atom is -0.460 e. The predicted octanol–water partition coefficient (Wildman–Crippen LogP) is 1.25. The van der Waals surface area contributed by atoms with Crippen LogP contribution in [0, 0.1) is 5.92 Å². The Hall–Kier alpha value is -1.38. The lowest BCUT2D eigenvalue weighted by Crippen LogP contribution is -2.44. The van der Waals surface area contributed by atoms with E-state index in [0.29, 0.717) is 0 Å². The topological polar surface area (TPSA) is 112 Å². The van der Waals surface area contributed by atoms with Crippen LogP contribution in [0.2, 0.25) is 0 Å². The van der Waals surface area contributed by atoms with Crippen LogP contribution in [0.25, 0.3) is 0 Å². The molecule has 0 amide bonds. The van der Waals surface area contributed by atoms with Crippen molar-refractivity contribution in [2.75, 3.05) is 13.2 Å². The van der Waals surface area contributed by atoms with Gasteiger partial charge in [0, 0.05) is 12.6 Å². The van der Waals surface area contributed by atoms with Crippen LogP contribution in [0.3, 0.4) is 0 Å². The zero-order valence-electron chi connectivity index (χ0n) is 12.6. The molecule has 0 aliphatic heterocycles. The fourth-order valence-corrected chi connectivity index (χ4v) is 3.98. The van der Waals surface area contributed by atoms with Crippen molar-refractivity contribution >= 4 is 16.0 Å². The summed E-state index contributed by atoms with van der Waals surface area (Å²) in [5.74, 6) is -0.568. The second kappa shape index (κ2) is 7.26. The molecule has 1 atom stereocenters. The molecule has 22 heavy (non-hydrogen) atoms. The van der Waals surface area contributed by atoms with Crippen LogP contribution in [0.1, 0.15) is 43.2 Å². The minimum absolute atomic E-state index is 0.132. The average molecular weight is 330 g/mol. The summed E-state index contributed by atoms with van der Waals surface area (Å²) in [6, 6.07) is 2.22. The first-order valence-corrected chi connectivity index (χ1v) is 8.95. The van der Waals surface area contributed by atoms with Gasteiger partial charge >= 0.3 is 5.97 Å². The number of nitrogens with two attached hydrogens (primary N) is 1. The Morgan fingerprint density at radius 2 is 2.14 bits per heavy atom. The van der Waals surface area contributed by atoms with Crippen molar-refractivity contribution in [3.05, 3.63) is 17.9 Å². The van der Waals surface area contributed by atoms with E-state index in [2.05, 4.69) is 4.72 Å². The van der Waals surface area contributed by atoms with Gasteiger partial charge in [0.2, 0.25) is 10.9 Å². The van der Waals surface area contributed by atoms with E-state index in [1.807, 2.05) is 0 Å². The van der Waals surface area contributed by atoms with E-state index in [0.717, 1.165) is 25.7 Å². The molecular formula is C14H22N2O5S. The summed E-state index contributed by atoms with van der Waals surface area (Å²) in [7, 11) is -3.84. The lowest BCUT2D eigenvalue weighted by Gasteiger charge is -2.22. The van der Waals surface area contributed by atoms with E-state index in [-0.39, 0.29) is 36.0 Å². The number of furan rings is 1. The SMILES string of the molecule is CCOC(=O)c1ccc(S(=O)(=O)NC(CN)C2CCCC2)o1. The Labute approximate surface area is 130 Å². The third kappa shape index (κ3) is 3.88. The number of rotatable bonds is 7. The van der Waals surface area contributed by atoms with Gasteiger partial charge in [0.1, 0.15) is 0 Å². The lowest BCUT2D eigenvalue weighted by molar-refractivity contribution is 0.0484. The van der Waals surface area contributed by atoms with E-state index >= 15 is 0 Å². The molecule has 0 saturated heterocycles. The maximum atomic E-state index is 12.3. The van der Waals surface area contributed by atoms with Crippen LogP contribution in [-0.2, 0) is 14.8 Å². The van der Waals surface area contributed by atoms with Crippen LogP contribution in [0.15, 0.2) is 21.6 Å². The van der Waals surface area contributed by atoms with Gasteiger partial charge in [0.05, 0.1) is 6.61 Å². The number of esters is 1. The summed E-state index contributed by atoms with van der Waals surface area (Å²) in [4.78, 5) is 11.5. The molecule has 1 aromatic heterocycles. The normalized spacial score (nSPS) is 17.5. The first-order chi connectivity index (χ1) is 10.5. The molecule has 1 aromatic rings. The van der Waals surface area contributed by atoms with Crippen molar-refractivity contribution in [1.29, 1.82) is 0 Å². The van der Waals surface area contributed by atoms with E-state index in [4.69, 9.17) is 14.9 Å². The number of hydrogen-bond acceptors (Lipinski definition) is 6. The van der Waals surface area contributed by atoms with Crippen molar-refractivity contribution in [1.82, 2.24) is 4.72 Å². The molecule has 1 aliphatic carbocycles. The van der Waals surface area contributed by atoms with Crippen molar-refractivity contribution in [2.45, 2.75) is 43.7 Å². The standard InChI is InChI=1S/C14H22N2O5S/c1-2-20-14(17)12-7-8-13(21-12)22(18,19)16-11(9-15)10-5-3-4-6-10/h7-8,10-11,16H,2-6,9,15H2,1H3. The molecule has 8 heteroatoms. The Bertz CT molecular complexity index is 605. The Morgan fingerprint density at radius 3 is 2.73 bits per heavy atom. The van der Waals surface area contributed by atoms with Crippen molar-refractivity contribution < 1.29 is 22.4 Å². The fourth-order valence-electron chi connectivity index (χ4n) is 2.73. The average Bonchev–Trinajstić information content (AvgIpc) is 3.16. The molecule has 7 nitrogen and oxygen atoms in total. The van der Waals surface area contributed by atoms with Gasteiger partial charge in [-0.2, -0.15) is 0 Å². The van der Waals surface area contributed by atoms with Gasteiger partial charge in [0.25, 0.3) is 10.0 Å². The maximum absolute atomic E-state index is 12.3. The highest BCUT2D eigenvalue weighted by atomic mass is 32.2. The third-order valence-corrected chi connectivity index (χ3v) is 5.21. The van der Waals surface area contributed by atoms with Crippen LogP contribution < -0.4 is 10.5 Å². The Kier molecular flexibility index (Phi) is 5.60. The molecule has 1 fully saturated rings. The number of hydrogen-bond donors (Lipinski definition) is 2. The number of sulfonamides is 1. The molecule has 3 N–H and O–H groups in total. The predicted molar refractivity (Wildman–Crippen MR) is 79.8 cm³/mol. The third-order valence-electron chi connectivity index (χ3n) is 3.85. The van der Waals surface area contributed by atoms with Crippen molar-refractivity contribution in [2.24, 2.45) is 11.7 Å². The Morgan fingerprint density at radius 1 is 1.45 bits per heavy atom. The van der Waals surface area contributed by atoms with E-state index in [9.17, 15) is 13.2 Å². The zero-order chi connectivity index (χ0) is 16.2. The minimum atomic E-state index is -3.84. The van der Waals surface area contributed by atoms with Gasteiger partial charge < -0.3 is 14.9 Å². The van der Waals surface area contributed by atoms with Gasteiger partial charge in [-0.15, -0.1) is 0 Å². The Balaban J connectivity index is 2.10. The molecular weight excluding hydrogens is 308 g/mol. The van der Waals surface area contributed by atoms with Crippen molar-refractivity contribution in [3.8, 4) is 0 Å². The van der Waals surface area contributed by atoms with E-state index in [1.165, 1.54) is 12.1 Å². The van der Waals surface area contributed by atoms with Gasteiger partial charge in [-0.3, -0.25) is 0 Å². The molecule has 1 heterocycles. The first-order valence-electron chi connectivity index (χ1n) is 7.47. The molecule has 124 valence electrons. The second-order valence-electron chi connectivity index (χ2n) is 5.35. The molecule has 0 aromatic carbocycles. The van der Waals surface area contributed by atoms with Gasteiger partial charge in [0.15, 0.2) is 0 Å². The van der Waals surface area contributed by atoms with Crippen LogP contribution in [0.5, 0.6) is 0 Å². The van der Waals surface area contributed by atoms with Crippen LogP contribution >= 0.6 is 0 Å². The molecule has 1 saturated carbocycles. The summed E-state index contributed by atoms with van der Waals surface area (Å²) in [5, 5.41) is -0.299. The molecule has 0 radical (unpaired) electrons. The van der Waals surface area contributed by atoms with Crippen LogP contribution in [0.4, 0.5) is 0 Å². The highest BCUT2D eigenvalue weighted by Gasteiger charge is 2.30. The largest absolute Gasteiger partial charge is 0.460 e. The summed E-state index contributed by atoms with van der Waals surface area (Å²) in [6.45, 7) is 2.08. The number of ether oxygens (including phenoxy) is 1. The summed E-state index contributed by atoms with van der Waals surface area (Å²) in [6.07, 6.45) is 4.13. The monoisotopic (exact) mass is 330 g/mol. The van der Waals surface area contributed by atoms with E-state index < -0.39 is 16.0 Å². The summed E-state index contributed by atoms with van der Waals surface area (Å²) < 4.78 is 37.1. The molecule has 0 spiro atoms. The molecule has 0 bridgehead atoms. The highest BCUT2D eigenvalue weighted by Crippen LogP contribution is 2.28. The lowest BCUT2D eigenvalue weighted by atomic mass is 9.99. The molecule has 1 aliphatic rings. The van der Waals surface area contributed by atoms with Crippen molar-refractivity contribution in [3.63, 3.8) is 0 Å². The maximum Gasteiger partial charge on any atom is 0.374 e. The molecule has 1 unspecified atom stereocenters. The van der Waals surface area contributed by atoms with Gasteiger partial charge in [-0.05, 0) is 37.8 Å². The smallest absolute Gasteiger partial charge is 0.374 e. The van der Waals surface area contributed by atoms with Gasteiger partial charge in [-0.1, -0.05) is 12.8 Å². The second-order valence-corrected chi connectivity index (χ2v) is 6.99. The summed E-state index contributed by atoms with van der Waals surface area (Å²) in [5.41, 5.74) is 5.70. The summed E-state index contributed by atoms with van der Waals surface area (Å²) >= 11 is 0. The number of carbonyl (C=O) groups excluding carboxylic acids is 1. The first kappa shape index (κ1) is 17.0. The number of nitrogens with one attached hydrogen (secondary N) is 1. The van der Waals surface area contributed by atoms with Gasteiger partial charge in [-0.25, -0.2) is 17.9 Å². The quantitative estimate of drug-likeness (QED) is 0.728. The number of carbonyl (C=O) groups is 1. The fraction of sp³-hybridized carbons (Fsp3) is 0.643. The highest BCUT2D eigenvalue weighted by molar-refractivity contribution is 7.89.